The van der Waals surface area contributed by atoms with Crippen LogP contribution in [0.1, 0.15) is 22.3 Å². The SMILES string of the molecule is CS(=O)(=O)Oc1c(OCCCN2CCOCC2)ccc2c1N=C(NC(=O)c1cccnc1)N1CCN=C21. The fourth-order valence-corrected chi connectivity index (χ4v) is 4.76. The number of nitrogens with zero attached hydrogens (tertiary/aromatic N) is 5. The molecule has 13 heteroatoms. The number of hydrogen-bond acceptors (Lipinski definition) is 11. The number of pyridine rings is 1. The Kier molecular flexibility index (Phi) is 7.35. The second-order valence-corrected chi connectivity index (χ2v) is 10.3. The summed E-state index contributed by atoms with van der Waals surface area (Å²) in [5.41, 5.74) is 1.18. The molecule has 3 aliphatic heterocycles. The van der Waals surface area contributed by atoms with Gasteiger partial charge in [0.1, 0.15) is 11.5 Å². The number of carbonyl (C=O) groups excluding carboxylic acids is 1. The van der Waals surface area contributed by atoms with Crippen LogP contribution < -0.4 is 14.2 Å². The van der Waals surface area contributed by atoms with Crippen LogP contribution in [0.15, 0.2) is 46.6 Å². The molecule has 196 valence electrons. The van der Waals surface area contributed by atoms with Gasteiger partial charge in [-0.15, -0.1) is 0 Å². The Morgan fingerprint density at radius 3 is 2.78 bits per heavy atom. The van der Waals surface area contributed by atoms with Gasteiger partial charge >= 0.3 is 10.1 Å². The summed E-state index contributed by atoms with van der Waals surface area (Å²) in [6.45, 7) is 5.40. The number of aliphatic imine (C=N–C) groups is 2. The fourth-order valence-electron chi connectivity index (χ4n) is 4.30. The number of morpholine rings is 1. The number of fused-ring (bicyclic) bond motifs is 3. The minimum atomic E-state index is -3.91. The maximum absolute atomic E-state index is 12.8. The quantitative estimate of drug-likeness (QED) is 0.393. The molecule has 0 saturated carbocycles. The highest BCUT2D eigenvalue weighted by Gasteiger charge is 2.34. The molecule has 5 rings (SSSR count). The van der Waals surface area contributed by atoms with Crippen LogP contribution in [0.3, 0.4) is 0 Å². The van der Waals surface area contributed by atoms with Crippen molar-refractivity contribution < 1.29 is 26.9 Å². The van der Waals surface area contributed by atoms with Crippen LogP contribution in [0.25, 0.3) is 0 Å². The predicted octanol–water partition coefficient (Wildman–Crippen LogP) is 1.01. The number of aromatic nitrogens is 1. The molecule has 1 saturated heterocycles. The summed E-state index contributed by atoms with van der Waals surface area (Å²) in [6.07, 6.45) is 4.73. The van der Waals surface area contributed by atoms with E-state index in [1.54, 1.807) is 35.4 Å². The lowest BCUT2D eigenvalue weighted by molar-refractivity contribution is 0.0357. The third-order valence-electron chi connectivity index (χ3n) is 6.01. The Bertz CT molecular complexity index is 1320. The van der Waals surface area contributed by atoms with E-state index in [-0.39, 0.29) is 23.1 Å². The molecule has 3 aliphatic rings. The summed E-state index contributed by atoms with van der Waals surface area (Å²) in [5, 5.41) is 2.80. The number of nitrogens with one attached hydrogen (secondary N) is 1. The molecule has 1 aromatic heterocycles. The molecule has 1 fully saturated rings. The summed E-state index contributed by atoms with van der Waals surface area (Å²) >= 11 is 0. The van der Waals surface area contributed by atoms with Gasteiger partial charge in [0.05, 0.1) is 38.2 Å². The minimum absolute atomic E-state index is 0.0336. The second kappa shape index (κ2) is 10.8. The summed E-state index contributed by atoms with van der Waals surface area (Å²) in [4.78, 5) is 30.1. The van der Waals surface area contributed by atoms with E-state index in [0.717, 1.165) is 45.5 Å². The Morgan fingerprint density at radius 1 is 1.19 bits per heavy atom. The van der Waals surface area contributed by atoms with Gasteiger partial charge in [-0.2, -0.15) is 8.42 Å². The van der Waals surface area contributed by atoms with Gasteiger partial charge in [0.2, 0.25) is 11.7 Å². The van der Waals surface area contributed by atoms with Crippen molar-refractivity contribution in [1.29, 1.82) is 0 Å². The first-order valence-electron chi connectivity index (χ1n) is 12.0. The largest absolute Gasteiger partial charge is 0.489 e. The average molecular weight is 529 g/mol. The van der Waals surface area contributed by atoms with Gasteiger partial charge in [0.15, 0.2) is 5.75 Å². The maximum Gasteiger partial charge on any atom is 0.306 e. The van der Waals surface area contributed by atoms with E-state index in [0.29, 0.717) is 36.7 Å². The molecule has 37 heavy (non-hydrogen) atoms. The molecule has 2 aromatic rings. The normalized spacial score (nSPS) is 17.4. The van der Waals surface area contributed by atoms with Crippen molar-refractivity contribution in [2.45, 2.75) is 6.42 Å². The van der Waals surface area contributed by atoms with E-state index in [4.69, 9.17) is 13.7 Å². The van der Waals surface area contributed by atoms with E-state index in [1.807, 2.05) is 0 Å². The number of benzene rings is 1. The maximum atomic E-state index is 12.8. The zero-order valence-electron chi connectivity index (χ0n) is 20.4. The lowest BCUT2D eigenvalue weighted by Gasteiger charge is -2.29. The minimum Gasteiger partial charge on any atom is -0.489 e. The molecule has 12 nitrogen and oxygen atoms in total. The van der Waals surface area contributed by atoms with Gasteiger partial charge in [0.25, 0.3) is 5.91 Å². The molecule has 1 aromatic carbocycles. The highest BCUT2D eigenvalue weighted by atomic mass is 32.2. The Labute approximate surface area is 215 Å². The first kappa shape index (κ1) is 25.1. The zero-order chi connectivity index (χ0) is 25.8. The summed E-state index contributed by atoms with van der Waals surface area (Å²) in [6, 6.07) is 6.75. The molecule has 0 atom stereocenters. The van der Waals surface area contributed by atoms with E-state index < -0.39 is 16.0 Å². The van der Waals surface area contributed by atoms with Crippen molar-refractivity contribution in [3.63, 3.8) is 0 Å². The van der Waals surface area contributed by atoms with Gasteiger partial charge < -0.3 is 13.7 Å². The van der Waals surface area contributed by atoms with Crippen molar-refractivity contribution in [2.24, 2.45) is 9.98 Å². The molecule has 1 amide bonds. The Hall–Kier alpha value is -3.55. The standard InChI is InChI=1S/C24H28N6O6S/c1-37(32,33)36-21-19(35-13-3-9-29-11-14-34-15-12-29)6-5-18-20(21)27-24(30-10-8-26-22(18)30)28-23(31)17-4-2-7-25-16-17/h2,4-7,16H,3,8-15H2,1H3,(H,27,28,31). The molecule has 0 radical (unpaired) electrons. The van der Waals surface area contributed by atoms with E-state index in [1.165, 1.54) is 6.20 Å². The van der Waals surface area contributed by atoms with Gasteiger partial charge in [-0.3, -0.25) is 29.9 Å². The molecule has 0 unspecified atom stereocenters. The molecule has 0 bridgehead atoms. The number of guanidine groups is 1. The summed E-state index contributed by atoms with van der Waals surface area (Å²) < 4.78 is 41.1. The van der Waals surface area contributed by atoms with E-state index in [2.05, 4.69) is 25.2 Å². The third kappa shape index (κ3) is 5.89. The molecule has 0 aliphatic carbocycles. The molecular weight excluding hydrogens is 500 g/mol. The number of amidine groups is 1. The van der Waals surface area contributed by atoms with E-state index >= 15 is 0 Å². The number of amides is 1. The molecular formula is C24H28N6O6S. The number of carbonyl (C=O) groups is 1. The van der Waals surface area contributed by atoms with Crippen LogP contribution in [0.2, 0.25) is 0 Å². The fraction of sp³-hybridized carbons (Fsp3) is 0.417. The summed E-state index contributed by atoms with van der Waals surface area (Å²) in [5.74, 6) is 0.611. The van der Waals surface area contributed by atoms with Crippen molar-refractivity contribution in [3.8, 4) is 11.5 Å². The third-order valence-corrected chi connectivity index (χ3v) is 6.48. The zero-order valence-corrected chi connectivity index (χ0v) is 21.2. The first-order chi connectivity index (χ1) is 17.9. The van der Waals surface area contributed by atoms with Crippen LogP contribution in [0.4, 0.5) is 5.69 Å². The van der Waals surface area contributed by atoms with Gasteiger partial charge in [-0.05, 0) is 30.7 Å². The van der Waals surface area contributed by atoms with Crippen LogP contribution in [0.5, 0.6) is 11.5 Å². The van der Waals surface area contributed by atoms with E-state index in [9.17, 15) is 13.2 Å². The Morgan fingerprint density at radius 2 is 2.03 bits per heavy atom. The lowest BCUT2D eigenvalue weighted by atomic mass is 10.1. The van der Waals surface area contributed by atoms with Crippen molar-refractivity contribution in [1.82, 2.24) is 20.1 Å². The van der Waals surface area contributed by atoms with Crippen LogP contribution in [-0.2, 0) is 14.9 Å². The van der Waals surface area contributed by atoms with Gasteiger partial charge in [0, 0.05) is 44.1 Å². The number of hydrogen-bond donors (Lipinski definition) is 1. The highest BCUT2D eigenvalue weighted by Crippen LogP contribution is 2.44. The Balaban J connectivity index is 1.43. The molecule has 1 N–H and O–H groups in total. The predicted molar refractivity (Wildman–Crippen MR) is 136 cm³/mol. The number of ether oxygens (including phenoxy) is 2. The van der Waals surface area contributed by atoms with Gasteiger partial charge in [-0.25, -0.2) is 4.99 Å². The first-order valence-corrected chi connectivity index (χ1v) is 13.8. The number of rotatable bonds is 8. The van der Waals surface area contributed by atoms with Crippen molar-refractivity contribution in [2.75, 3.05) is 58.8 Å². The molecule has 4 heterocycles. The second-order valence-electron chi connectivity index (χ2n) is 8.72. The van der Waals surface area contributed by atoms with Crippen LogP contribution in [0, 0.1) is 0 Å². The lowest BCUT2D eigenvalue weighted by Crippen LogP contribution is -2.47. The monoisotopic (exact) mass is 528 g/mol. The van der Waals surface area contributed by atoms with Gasteiger partial charge in [-0.1, -0.05) is 0 Å². The van der Waals surface area contributed by atoms with Crippen LogP contribution in [-0.4, -0.2) is 99.7 Å². The summed E-state index contributed by atoms with van der Waals surface area (Å²) in [7, 11) is -3.91. The molecule has 0 spiro atoms. The smallest absolute Gasteiger partial charge is 0.306 e. The van der Waals surface area contributed by atoms with Crippen molar-refractivity contribution >= 4 is 33.5 Å². The van der Waals surface area contributed by atoms with Crippen LogP contribution >= 0.6 is 0 Å². The topological polar surface area (TPSA) is 135 Å². The highest BCUT2D eigenvalue weighted by molar-refractivity contribution is 7.86. The average Bonchev–Trinajstić information content (AvgIpc) is 3.39. The van der Waals surface area contributed by atoms with Crippen molar-refractivity contribution in [3.05, 3.63) is 47.8 Å².